The van der Waals surface area contributed by atoms with Crippen LogP contribution in [0.15, 0.2) is 54.6 Å². The van der Waals surface area contributed by atoms with E-state index >= 15 is 0 Å². The van der Waals surface area contributed by atoms with E-state index in [2.05, 4.69) is 39.8 Å². The lowest BCUT2D eigenvalue weighted by atomic mass is 9.96. The molecule has 0 saturated carbocycles. The van der Waals surface area contributed by atoms with Gasteiger partial charge in [-0.25, -0.2) is 4.79 Å². The summed E-state index contributed by atoms with van der Waals surface area (Å²) in [6, 6.07) is 17.7. The molecule has 0 aromatic heterocycles. The molecule has 2 aromatic carbocycles. The Hall–Kier alpha value is -3.10. The van der Waals surface area contributed by atoms with E-state index in [9.17, 15) is 14.4 Å². The number of hydrogen-bond donors (Lipinski definition) is 2. The molecule has 38 heavy (non-hydrogen) atoms. The lowest BCUT2D eigenvalue weighted by Crippen LogP contribution is -2.50. The minimum atomic E-state index is -0.730. The highest BCUT2D eigenvalue weighted by molar-refractivity contribution is 6.30. The highest BCUT2D eigenvalue weighted by Crippen LogP contribution is 2.30. The van der Waals surface area contributed by atoms with Crippen molar-refractivity contribution in [3.8, 4) is 0 Å². The molecule has 2 N–H and O–H groups in total. The lowest BCUT2D eigenvalue weighted by molar-refractivity contribution is -0.133. The molecule has 2 atom stereocenters. The summed E-state index contributed by atoms with van der Waals surface area (Å²) in [4.78, 5) is 41.2. The van der Waals surface area contributed by atoms with Crippen LogP contribution in [-0.2, 0) is 14.3 Å². The van der Waals surface area contributed by atoms with E-state index in [0.29, 0.717) is 37.5 Å². The van der Waals surface area contributed by atoms with Crippen LogP contribution >= 0.6 is 11.6 Å². The zero-order chi connectivity index (χ0) is 27.7. The van der Waals surface area contributed by atoms with Gasteiger partial charge in [0.2, 0.25) is 11.8 Å². The van der Waals surface area contributed by atoms with E-state index < -0.39 is 17.7 Å². The van der Waals surface area contributed by atoms with E-state index in [1.165, 1.54) is 11.1 Å². The van der Waals surface area contributed by atoms with Crippen molar-refractivity contribution in [1.29, 1.82) is 0 Å². The van der Waals surface area contributed by atoms with Crippen molar-refractivity contribution in [1.82, 2.24) is 20.4 Å². The summed E-state index contributed by atoms with van der Waals surface area (Å²) >= 11 is 6.13. The Morgan fingerprint density at radius 1 is 0.947 bits per heavy atom. The van der Waals surface area contributed by atoms with E-state index in [4.69, 9.17) is 16.3 Å². The van der Waals surface area contributed by atoms with Gasteiger partial charge >= 0.3 is 6.09 Å². The molecule has 1 heterocycles. The second-order valence-electron chi connectivity index (χ2n) is 10.5. The number of hydrogen-bond acceptors (Lipinski definition) is 5. The molecule has 3 amide bonds. The fourth-order valence-corrected chi connectivity index (χ4v) is 4.56. The third-order valence-electron chi connectivity index (χ3n) is 6.33. The fourth-order valence-electron chi connectivity index (χ4n) is 4.44. The molecule has 0 aliphatic carbocycles. The highest BCUT2D eigenvalue weighted by atomic mass is 35.5. The molecule has 2 unspecified atom stereocenters. The van der Waals surface area contributed by atoms with Crippen LogP contribution in [0.2, 0.25) is 5.02 Å². The summed E-state index contributed by atoms with van der Waals surface area (Å²) in [6.07, 6.45) is 0.245. The Morgan fingerprint density at radius 3 is 2.16 bits per heavy atom. The van der Waals surface area contributed by atoms with Crippen molar-refractivity contribution in [3.05, 3.63) is 70.7 Å². The van der Waals surface area contributed by atoms with Crippen molar-refractivity contribution in [3.63, 3.8) is 0 Å². The van der Waals surface area contributed by atoms with Crippen LogP contribution in [0.1, 0.15) is 57.7 Å². The Morgan fingerprint density at radius 2 is 1.55 bits per heavy atom. The summed E-state index contributed by atoms with van der Waals surface area (Å²) < 4.78 is 5.17. The molecule has 2 aromatic rings. The Labute approximate surface area is 230 Å². The summed E-state index contributed by atoms with van der Waals surface area (Å²) in [5.41, 5.74) is 1.75. The molecular formula is C29H39ClN4O4. The molecule has 1 saturated heterocycles. The average molecular weight is 543 g/mol. The molecule has 1 fully saturated rings. The minimum absolute atomic E-state index is 0.0848. The van der Waals surface area contributed by atoms with Gasteiger partial charge in [0, 0.05) is 44.2 Å². The van der Waals surface area contributed by atoms with Crippen LogP contribution in [0.3, 0.4) is 0 Å². The van der Waals surface area contributed by atoms with Crippen LogP contribution < -0.4 is 10.6 Å². The molecule has 0 bridgehead atoms. The summed E-state index contributed by atoms with van der Waals surface area (Å²) in [5, 5.41) is 6.00. The lowest BCUT2D eigenvalue weighted by Gasteiger charge is -2.40. The number of halogens is 1. The van der Waals surface area contributed by atoms with Gasteiger partial charge in [-0.05, 0) is 57.4 Å². The van der Waals surface area contributed by atoms with Crippen LogP contribution in [0, 0.1) is 0 Å². The SMILES string of the molecule is CC(NC(=O)OC(C)(C)C)C(=O)NCCCC(=O)N1CCN(C(c2ccccc2)c2ccc(Cl)cc2)CC1. The third-order valence-corrected chi connectivity index (χ3v) is 6.58. The summed E-state index contributed by atoms with van der Waals surface area (Å²) in [6.45, 7) is 10.1. The first-order valence-electron chi connectivity index (χ1n) is 13.1. The maximum atomic E-state index is 12.8. The number of amides is 3. The van der Waals surface area contributed by atoms with Crippen LogP contribution in [0.25, 0.3) is 0 Å². The number of carbonyl (C=O) groups excluding carboxylic acids is 3. The molecular weight excluding hydrogens is 504 g/mol. The monoisotopic (exact) mass is 542 g/mol. The van der Waals surface area contributed by atoms with Gasteiger partial charge in [0.05, 0.1) is 6.04 Å². The fraction of sp³-hybridized carbons (Fsp3) is 0.483. The van der Waals surface area contributed by atoms with Gasteiger partial charge in [-0.1, -0.05) is 54.1 Å². The molecule has 8 nitrogen and oxygen atoms in total. The van der Waals surface area contributed by atoms with E-state index in [-0.39, 0.29) is 17.9 Å². The summed E-state index contributed by atoms with van der Waals surface area (Å²) in [5.74, 6) is -0.229. The predicted octanol–water partition coefficient (Wildman–Crippen LogP) is 4.38. The second kappa shape index (κ2) is 13.6. The number of carbonyl (C=O) groups is 3. The number of benzene rings is 2. The molecule has 1 aliphatic heterocycles. The van der Waals surface area contributed by atoms with Crippen LogP contribution in [0.5, 0.6) is 0 Å². The topological polar surface area (TPSA) is 91.0 Å². The van der Waals surface area contributed by atoms with Gasteiger partial charge in [-0.2, -0.15) is 0 Å². The number of nitrogens with one attached hydrogen (secondary N) is 2. The largest absolute Gasteiger partial charge is 0.444 e. The first-order valence-corrected chi connectivity index (χ1v) is 13.5. The van der Waals surface area contributed by atoms with E-state index in [0.717, 1.165) is 13.1 Å². The standard InChI is InChI=1S/C29H39ClN4O4/c1-21(32-28(37)38-29(2,3)4)27(36)31-16-8-11-25(35)33-17-19-34(20-18-33)26(22-9-6-5-7-10-22)23-12-14-24(30)15-13-23/h5-7,9-10,12-15,21,26H,8,11,16-20H2,1-4H3,(H,31,36)(H,32,37). The van der Waals surface area contributed by atoms with Gasteiger partial charge in [0.15, 0.2) is 0 Å². The number of piperazine rings is 1. The quantitative estimate of drug-likeness (QED) is 0.459. The van der Waals surface area contributed by atoms with Crippen LogP contribution in [0.4, 0.5) is 4.79 Å². The van der Waals surface area contributed by atoms with Crippen molar-refractivity contribution in [2.75, 3.05) is 32.7 Å². The summed E-state index contributed by atoms with van der Waals surface area (Å²) in [7, 11) is 0. The number of alkyl carbamates (subject to hydrolysis) is 1. The maximum Gasteiger partial charge on any atom is 0.408 e. The van der Waals surface area contributed by atoms with Gasteiger partial charge in [-0.3, -0.25) is 14.5 Å². The number of ether oxygens (including phenoxy) is 1. The number of nitrogens with zero attached hydrogens (tertiary/aromatic N) is 2. The number of rotatable bonds is 9. The first kappa shape index (κ1) is 29.5. The molecule has 9 heteroatoms. The van der Waals surface area contributed by atoms with Gasteiger partial charge in [-0.15, -0.1) is 0 Å². The van der Waals surface area contributed by atoms with Crippen molar-refractivity contribution >= 4 is 29.5 Å². The molecule has 0 spiro atoms. The Balaban J connectivity index is 1.44. The maximum absolute atomic E-state index is 12.8. The van der Waals surface area contributed by atoms with Crippen molar-refractivity contribution < 1.29 is 19.1 Å². The Kier molecular flexibility index (Phi) is 10.6. The first-order chi connectivity index (χ1) is 18.0. The van der Waals surface area contributed by atoms with Crippen molar-refractivity contribution in [2.24, 2.45) is 0 Å². The Bertz CT molecular complexity index is 1060. The molecule has 3 rings (SSSR count). The predicted molar refractivity (Wildman–Crippen MR) is 149 cm³/mol. The van der Waals surface area contributed by atoms with Gasteiger partial charge in [0.1, 0.15) is 11.6 Å². The minimum Gasteiger partial charge on any atom is -0.444 e. The highest BCUT2D eigenvalue weighted by Gasteiger charge is 2.28. The van der Waals surface area contributed by atoms with Gasteiger partial charge < -0.3 is 20.3 Å². The second-order valence-corrected chi connectivity index (χ2v) is 11.0. The zero-order valence-electron chi connectivity index (χ0n) is 22.7. The molecule has 1 aliphatic rings. The van der Waals surface area contributed by atoms with E-state index in [1.54, 1.807) is 27.7 Å². The third kappa shape index (κ3) is 9.03. The van der Waals surface area contributed by atoms with Crippen LogP contribution in [-0.4, -0.2) is 72.1 Å². The van der Waals surface area contributed by atoms with Gasteiger partial charge in [0.25, 0.3) is 0 Å². The average Bonchev–Trinajstić information content (AvgIpc) is 2.87. The van der Waals surface area contributed by atoms with Crippen molar-refractivity contribution in [2.45, 2.75) is 58.2 Å². The molecule has 0 radical (unpaired) electrons. The zero-order valence-corrected chi connectivity index (χ0v) is 23.5. The smallest absolute Gasteiger partial charge is 0.408 e. The molecule has 206 valence electrons. The van der Waals surface area contributed by atoms with E-state index in [1.807, 2.05) is 35.2 Å². The normalized spacial score (nSPS) is 15.9.